The van der Waals surface area contributed by atoms with Crippen LogP contribution in [0.4, 0.5) is 10.5 Å². The van der Waals surface area contributed by atoms with Crippen LogP contribution < -0.4 is 9.47 Å². The Kier molecular flexibility index (Phi) is 6.33. The number of carbonyl (C=O) groups is 1. The summed E-state index contributed by atoms with van der Waals surface area (Å²) >= 11 is 0. The van der Waals surface area contributed by atoms with E-state index in [4.69, 9.17) is 9.47 Å². The molecule has 0 N–H and O–H groups in total. The summed E-state index contributed by atoms with van der Waals surface area (Å²) in [4.78, 5) is 25.8. The molecule has 0 radical (unpaired) electrons. The van der Waals surface area contributed by atoms with Crippen LogP contribution in [0.15, 0.2) is 42.5 Å². The number of nitro groups is 1. The van der Waals surface area contributed by atoms with Gasteiger partial charge >= 0.3 is 6.09 Å². The number of benzene rings is 2. The third-order valence-electron chi connectivity index (χ3n) is 5.02. The van der Waals surface area contributed by atoms with Crippen molar-refractivity contribution in [3.05, 3.63) is 63.7 Å². The lowest BCUT2D eigenvalue weighted by atomic mass is 9.91. The van der Waals surface area contributed by atoms with Gasteiger partial charge in [0.15, 0.2) is 0 Å². The lowest BCUT2D eigenvalue weighted by Crippen LogP contribution is -2.33. The number of likely N-dealkylation sites (N-methyl/N-ethyl adjacent to an activating group) is 1. The van der Waals surface area contributed by atoms with Crippen molar-refractivity contribution in [1.29, 1.82) is 0 Å². The van der Waals surface area contributed by atoms with E-state index in [-0.39, 0.29) is 11.7 Å². The van der Waals surface area contributed by atoms with Crippen molar-refractivity contribution in [2.24, 2.45) is 0 Å². The zero-order valence-electron chi connectivity index (χ0n) is 16.8. The quantitative estimate of drug-likeness (QED) is 0.544. The summed E-state index contributed by atoms with van der Waals surface area (Å²) in [6, 6.07) is 12.1. The van der Waals surface area contributed by atoms with E-state index < -0.39 is 11.0 Å². The molecule has 1 amide bonds. The molecule has 1 heterocycles. The largest absolute Gasteiger partial charge is 0.494 e. The monoisotopic (exact) mass is 399 g/mol. The van der Waals surface area contributed by atoms with Crippen molar-refractivity contribution < 1.29 is 19.2 Å². The van der Waals surface area contributed by atoms with Crippen molar-refractivity contribution in [3.8, 4) is 11.5 Å². The molecule has 0 saturated heterocycles. The van der Waals surface area contributed by atoms with Crippen LogP contribution in [0.3, 0.4) is 0 Å². The molecule has 0 bridgehead atoms. The summed E-state index contributed by atoms with van der Waals surface area (Å²) < 4.78 is 11.2. The minimum absolute atomic E-state index is 0.0454. The maximum absolute atomic E-state index is 11.8. The van der Waals surface area contributed by atoms with Gasteiger partial charge in [-0.3, -0.25) is 15.0 Å². The Morgan fingerprint density at radius 2 is 1.90 bits per heavy atom. The molecule has 1 aliphatic heterocycles. The van der Waals surface area contributed by atoms with Gasteiger partial charge in [0.2, 0.25) is 0 Å². The zero-order chi connectivity index (χ0) is 21.0. The number of fused-ring (bicyclic) bond motifs is 1. The number of hydrogen-bond donors (Lipinski definition) is 0. The normalized spacial score (nSPS) is 16.0. The van der Waals surface area contributed by atoms with Crippen molar-refractivity contribution in [2.45, 2.75) is 18.9 Å². The van der Waals surface area contributed by atoms with Crippen LogP contribution in [0, 0.1) is 10.1 Å². The van der Waals surface area contributed by atoms with E-state index in [1.807, 2.05) is 18.2 Å². The predicted octanol–water partition coefficient (Wildman–Crippen LogP) is 3.65. The maximum atomic E-state index is 11.8. The van der Waals surface area contributed by atoms with Crippen molar-refractivity contribution in [2.75, 3.05) is 34.3 Å². The first-order valence-electron chi connectivity index (χ1n) is 9.44. The summed E-state index contributed by atoms with van der Waals surface area (Å²) in [7, 11) is 5.38. The summed E-state index contributed by atoms with van der Waals surface area (Å²) in [6.07, 6.45) is 1.27. The van der Waals surface area contributed by atoms with Crippen LogP contribution in [0.2, 0.25) is 0 Å². The predicted molar refractivity (Wildman–Crippen MR) is 108 cm³/mol. The highest BCUT2D eigenvalue weighted by molar-refractivity contribution is 5.70. The van der Waals surface area contributed by atoms with Gasteiger partial charge in [0.1, 0.15) is 11.5 Å². The Morgan fingerprint density at radius 3 is 2.55 bits per heavy atom. The second kappa shape index (κ2) is 8.91. The van der Waals surface area contributed by atoms with Gasteiger partial charge in [0.25, 0.3) is 5.69 Å². The Bertz CT molecular complexity index is 882. The number of amides is 1. The molecule has 0 spiro atoms. The molecule has 3 rings (SSSR count). The third-order valence-corrected chi connectivity index (χ3v) is 5.02. The van der Waals surface area contributed by atoms with Crippen LogP contribution >= 0.6 is 0 Å². The lowest BCUT2D eigenvalue weighted by Gasteiger charge is -2.34. The zero-order valence-corrected chi connectivity index (χ0v) is 16.8. The average Bonchev–Trinajstić information content (AvgIpc) is 2.70. The van der Waals surface area contributed by atoms with E-state index in [1.54, 1.807) is 26.2 Å². The van der Waals surface area contributed by atoms with Gasteiger partial charge < -0.3 is 14.4 Å². The average molecular weight is 399 g/mol. The van der Waals surface area contributed by atoms with E-state index in [0.29, 0.717) is 18.1 Å². The number of rotatable bonds is 6. The van der Waals surface area contributed by atoms with Gasteiger partial charge in [0.05, 0.1) is 11.5 Å². The molecule has 0 saturated carbocycles. The van der Waals surface area contributed by atoms with E-state index in [1.165, 1.54) is 28.2 Å². The van der Waals surface area contributed by atoms with Gasteiger partial charge in [-0.2, -0.15) is 0 Å². The van der Waals surface area contributed by atoms with Crippen LogP contribution in [0.1, 0.15) is 23.6 Å². The van der Waals surface area contributed by atoms with Crippen molar-refractivity contribution in [3.63, 3.8) is 0 Å². The van der Waals surface area contributed by atoms with Gasteiger partial charge in [-0.05, 0) is 48.9 Å². The van der Waals surface area contributed by atoms with Crippen LogP contribution in [-0.2, 0) is 6.42 Å². The highest BCUT2D eigenvalue weighted by atomic mass is 16.6. The first-order valence-corrected chi connectivity index (χ1v) is 9.44. The second-order valence-corrected chi connectivity index (χ2v) is 7.26. The van der Waals surface area contributed by atoms with Crippen molar-refractivity contribution >= 4 is 11.8 Å². The highest BCUT2D eigenvalue weighted by Crippen LogP contribution is 2.33. The van der Waals surface area contributed by atoms with Crippen LogP contribution in [0.5, 0.6) is 11.5 Å². The number of nitro benzene ring substituents is 1. The third kappa shape index (κ3) is 5.03. The fraction of sp³-hybridized carbons (Fsp3) is 0.381. The smallest absolute Gasteiger partial charge is 0.414 e. The van der Waals surface area contributed by atoms with Gasteiger partial charge in [-0.25, -0.2) is 4.79 Å². The maximum Gasteiger partial charge on any atom is 0.414 e. The van der Waals surface area contributed by atoms with Crippen molar-refractivity contribution in [1.82, 2.24) is 9.80 Å². The number of nitrogens with zero attached hydrogens (tertiary/aromatic N) is 3. The number of ether oxygens (including phenoxy) is 2. The van der Waals surface area contributed by atoms with E-state index in [0.717, 1.165) is 19.4 Å². The molecule has 0 fully saturated rings. The molecular formula is C21H25N3O5. The van der Waals surface area contributed by atoms with Crippen LogP contribution in [-0.4, -0.2) is 55.1 Å². The second-order valence-electron chi connectivity index (χ2n) is 7.26. The number of carbonyl (C=O) groups excluding carboxylic acids is 1. The van der Waals surface area contributed by atoms with Gasteiger partial charge in [-0.1, -0.05) is 6.07 Å². The lowest BCUT2D eigenvalue weighted by molar-refractivity contribution is -0.384. The molecule has 8 nitrogen and oxygen atoms in total. The first-order chi connectivity index (χ1) is 13.8. The Balaban J connectivity index is 1.64. The summed E-state index contributed by atoms with van der Waals surface area (Å²) in [5.41, 5.74) is 2.42. The highest BCUT2D eigenvalue weighted by Gasteiger charge is 2.25. The molecule has 2 aromatic rings. The van der Waals surface area contributed by atoms with E-state index >= 15 is 0 Å². The molecule has 1 atom stereocenters. The number of non-ortho nitro benzene ring substituents is 1. The standard InChI is InChI=1S/C21H25N3O5/c1-22(2)21(25)29-18-8-9-19-15(14-18)10-12-23(3)20(19)11-13-28-17-6-4-16(5-7-17)24(26)27/h4-9,14,20H,10-13H2,1-3H3. The molecule has 0 aromatic heterocycles. The Morgan fingerprint density at radius 1 is 1.21 bits per heavy atom. The Labute approximate surface area is 169 Å². The first kappa shape index (κ1) is 20.6. The minimum atomic E-state index is -0.429. The van der Waals surface area contributed by atoms with Gasteiger partial charge in [-0.15, -0.1) is 0 Å². The van der Waals surface area contributed by atoms with E-state index in [2.05, 4.69) is 11.9 Å². The molecule has 154 valence electrons. The number of hydrogen-bond acceptors (Lipinski definition) is 6. The fourth-order valence-corrected chi connectivity index (χ4v) is 3.40. The fourth-order valence-electron chi connectivity index (χ4n) is 3.40. The van der Waals surface area contributed by atoms with Crippen LogP contribution in [0.25, 0.3) is 0 Å². The van der Waals surface area contributed by atoms with E-state index in [9.17, 15) is 14.9 Å². The summed E-state index contributed by atoms with van der Waals surface area (Å²) in [5.74, 6) is 1.16. The molecule has 0 aliphatic carbocycles. The molecule has 1 aliphatic rings. The summed E-state index contributed by atoms with van der Waals surface area (Å²) in [5, 5.41) is 10.7. The molecule has 8 heteroatoms. The minimum Gasteiger partial charge on any atom is -0.494 e. The molecule has 29 heavy (non-hydrogen) atoms. The topological polar surface area (TPSA) is 85.2 Å². The molecule has 2 aromatic carbocycles. The SMILES string of the molecule is CN(C)C(=O)Oc1ccc2c(c1)CCN(C)C2CCOc1ccc([N+](=O)[O-])cc1. The Hall–Kier alpha value is -3.13. The van der Waals surface area contributed by atoms with Gasteiger partial charge in [0, 0.05) is 45.2 Å². The summed E-state index contributed by atoms with van der Waals surface area (Å²) in [6.45, 7) is 1.39. The molecular weight excluding hydrogens is 374 g/mol. The molecule has 1 unspecified atom stereocenters.